The SMILES string of the molecule is CC(=O)C/C(=C\C[Si](C)(C)c1ccccc1)O[Si](C)(C)C(C)(C)C. The van der Waals surface area contributed by atoms with E-state index in [1.54, 1.807) is 6.92 Å². The number of allylic oxidation sites excluding steroid dienone is 2. The molecule has 0 amide bonds. The predicted octanol–water partition coefficient (Wildman–Crippen LogP) is 5.49. The Labute approximate surface area is 150 Å². The third kappa shape index (κ3) is 6.06. The minimum Gasteiger partial charge on any atom is -0.546 e. The van der Waals surface area contributed by atoms with Crippen molar-refractivity contribution in [3.05, 3.63) is 42.2 Å². The van der Waals surface area contributed by atoms with Gasteiger partial charge in [-0.05, 0) is 31.1 Å². The van der Waals surface area contributed by atoms with Crippen molar-refractivity contribution in [3.63, 3.8) is 0 Å². The van der Waals surface area contributed by atoms with Gasteiger partial charge in [0.1, 0.15) is 5.78 Å². The molecule has 0 heterocycles. The van der Waals surface area contributed by atoms with Crippen LogP contribution in [-0.4, -0.2) is 22.2 Å². The number of carbonyl (C=O) groups excluding carboxylic acids is 1. The number of Topliss-reactive ketones (excluding diaryl/α,β-unsaturated/α-hetero) is 1. The van der Waals surface area contributed by atoms with Crippen molar-refractivity contribution in [3.8, 4) is 0 Å². The maximum atomic E-state index is 11.7. The molecule has 0 fully saturated rings. The van der Waals surface area contributed by atoms with Gasteiger partial charge in [0.15, 0.2) is 0 Å². The summed E-state index contributed by atoms with van der Waals surface area (Å²) in [7, 11) is -3.48. The van der Waals surface area contributed by atoms with Crippen molar-refractivity contribution in [1.29, 1.82) is 0 Å². The highest BCUT2D eigenvalue weighted by atomic mass is 28.4. The van der Waals surface area contributed by atoms with E-state index in [0.29, 0.717) is 6.42 Å². The fraction of sp³-hybridized carbons (Fsp3) is 0.550. The third-order valence-corrected chi connectivity index (χ3v) is 12.5. The van der Waals surface area contributed by atoms with E-state index in [0.717, 1.165) is 11.8 Å². The minimum absolute atomic E-state index is 0.134. The van der Waals surface area contributed by atoms with Crippen molar-refractivity contribution in [1.82, 2.24) is 0 Å². The molecule has 0 bridgehead atoms. The lowest BCUT2D eigenvalue weighted by Crippen LogP contribution is -2.42. The van der Waals surface area contributed by atoms with E-state index in [2.05, 4.69) is 83.4 Å². The van der Waals surface area contributed by atoms with Gasteiger partial charge >= 0.3 is 0 Å². The van der Waals surface area contributed by atoms with Gasteiger partial charge in [0.25, 0.3) is 0 Å². The van der Waals surface area contributed by atoms with Gasteiger partial charge in [-0.1, -0.05) is 75.5 Å². The standard InChI is InChI=1S/C20H34O2Si2/c1-17(21)16-18(22-24(7,8)20(2,3)4)14-15-23(5,6)19-12-10-9-11-13-19/h9-14H,15-16H2,1-8H3/b18-14+. The van der Waals surface area contributed by atoms with Crippen LogP contribution in [0.3, 0.4) is 0 Å². The van der Waals surface area contributed by atoms with Gasteiger partial charge in [-0.2, -0.15) is 0 Å². The first-order chi connectivity index (χ1) is 10.8. The normalized spacial score (nSPS) is 13.8. The first-order valence-corrected chi connectivity index (χ1v) is 14.9. The summed E-state index contributed by atoms with van der Waals surface area (Å²) in [6, 6.07) is 11.7. The van der Waals surface area contributed by atoms with Crippen LogP contribution in [-0.2, 0) is 9.22 Å². The summed E-state index contributed by atoms with van der Waals surface area (Å²) >= 11 is 0. The van der Waals surface area contributed by atoms with Crippen LogP contribution in [0, 0.1) is 0 Å². The summed E-state index contributed by atoms with van der Waals surface area (Å²) in [6.07, 6.45) is 2.60. The summed E-state index contributed by atoms with van der Waals surface area (Å²) < 4.78 is 6.45. The lowest BCUT2D eigenvalue weighted by molar-refractivity contribution is -0.116. The van der Waals surface area contributed by atoms with Gasteiger partial charge in [-0.15, -0.1) is 0 Å². The smallest absolute Gasteiger partial charge is 0.250 e. The Morgan fingerprint density at radius 1 is 1.08 bits per heavy atom. The molecule has 0 saturated heterocycles. The van der Waals surface area contributed by atoms with Gasteiger partial charge in [0.05, 0.1) is 20.3 Å². The minimum atomic E-state index is -1.92. The molecule has 1 aromatic rings. The molecule has 1 aromatic carbocycles. The van der Waals surface area contributed by atoms with Crippen LogP contribution < -0.4 is 5.19 Å². The molecule has 0 spiro atoms. The second kappa shape index (κ2) is 7.83. The van der Waals surface area contributed by atoms with E-state index < -0.39 is 16.4 Å². The van der Waals surface area contributed by atoms with Crippen molar-refractivity contribution in [2.45, 2.75) is 71.4 Å². The summed E-state index contributed by atoms with van der Waals surface area (Å²) in [4.78, 5) is 11.7. The molecule has 0 saturated carbocycles. The number of benzene rings is 1. The second-order valence-corrected chi connectivity index (χ2v) is 18.3. The third-order valence-electron chi connectivity index (χ3n) is 5.01. The van der Waals surface area contributed by atoms with Crippen LogP contribution in [0.1, 0.15) is 34.1 Å². The Morgan fingerprint density at radius 3 is 2.08 bits per heavy atom. The Hall–Kier alpha value is -1.14. The fourth-order valence-corrected chi connectivity index (χ4v) is 5.44. The van der Waals surface area contributed by atoms with E-state index >= 15 is 0 Å². The maximum absolute atomic E-state index is 11.7. The molecule has 24 heavy (non-hydrogen) atoms. The highest BCUT2D eigenvalue weighted by molar-refractivity contribution is 6.90. The Morgan fingerprint density at radius 2 is 1.62 bits per heavy atom. The Kier molecular flexibility index (Phi) is 6.82. The lowest BCUT2D eigenvalue weighted by Gasteiger charge is -2.37. The molecule has 0 radical (unpaired) electrons. The van der Waals surface area contributed by atoms with E-state index in [1.807, 2.05) is 0 Å². The summed E-state index contributed by atoms with van der Waals surface area (Å²) in [5.74, 6) is 1.05. The number of hydrogen-bond acceptors (Lipinski definition) is 2. The second-order valence-electron chi connectivity index (χ2n) is 8.87. The predicted molar refractivity (Wildman–Crippen MR) is 110 cm³/mol. The molecule has 0 aliphatic rings. The molecule has 0 N–H and O–H groups in total. The van der Waals surface area contributed by atoms with Crippen molar-refractivity contribution < 1.29 is 9.22 Å². The zero-order valence-electron chi connectivity index (χ0n) is 16.7. The van der Waals surface area contributed by atoms with Gasteiger partial charge in [0.2, 0.25) is 8.32 Å². The Balaban J connectivity index is 3.00. The first kappa shape index (κ1) is 20.9. The average Bonchev–Trinajstić information content (AvgIpc) is 2.44. The molecule has 0 unspecified atom stereocenters. The monoisotopic (exact) mass is 362 g/mol. The zero-order valence-corrected chi connectivity index (χ0v) is 18.7. The van der Waals surface area contributed by atoms with Gasteiger partial charge < -0.3 is 4.43 Å². The molecular weight excluding hydrogens is 328 g/mol. The first-order valence-electron chi connectivity index (χ1n) is 8.78. The van der Waals surface area contributed by atoms with E-state index in [4.69, 9.17) is 4.43 Å². The molecule has 134 valence electrons. The molecular formula is C20H34O2Si2. The molecule has 1 rings (SSSR count). The largest absolute Gasteiger partial charge is 0.546 e. The summed E-state index contributed by atoms with van der Waals surface area (Å²) in [6.45, 7) is 17.5. The number of hydrogen-bond donors (Lipinski definition) is 0. The lowest BCUT2D eigenvalue weighted by atomic mass is 10.2. The highest BCUT2D eigenvalue weighted by Crippen LogP contribution is 2.38. The Bertz CT molecular complexity index is 581. The van der Waals surface area contributed by atoms with Crippen LogP contribution in [0.25, 0.3) is 0 Å². The molecule has 0 aromatic heterocycles. The van der Waals surface area contributed by atoms with Crippen LogP contribution in [0.2, 0.25) is 37.3 Å². The van der Waals surface area contributed by atoms with Crippen molar-refractivity contribution >= 4 is 27.4 Å². The van der Waals surface area contributed by atoms with Crippen LogP contribution in [0.4, 0.5) is 0 Å². The molecule has 0 atom stereocenters. The van der Waals surface area contributed by atoms with Gasteiger partial charge in [-0.3, -0.25) is 4.79 Å². The van der Waals surface area contributed by atoms with Crippen molar-refractivity contribution in [2.75, 3.05) is 0 Å². The van der Waals surface area contributed by atoms with Crippen LogP contribution >= 0.6 is 0 Å². The number of ketones is 1. The number of rotatable bonds is 7. The molecule has 2 nitrogen and oxygen atoms in total. The van der Waals surface area contributed by atoms with E-state index in [9.17, 15) is 4.79 Å². The quantitative estimate of drug-likeness (QED) is 0.474. The van der Waals surface area contributed by atoms with Crippen LogP contribution in [0.15, 0.2) is 42.2 Å². The highest BCUT2D eigenvalue weighted by Gasteiger charge is 2.39. The summed E-state index contributed by atoms with van der Waals surface area (Å²) in [5, 5.41) is 1.57. The van der Waals surface area contributed by atoms with Crippen molar-refractivity contribution in [2.24, 2.45) is 0 Å². The molecule has 0 aliphatic heterocycles. The van der Waals surface area contributed by atoms with E-state index in [-0.39, 0.29) is 10.8 Å². The maximum Gasteiger partial charge on any atom is 0.250 e. The molecule has 0 aliphatic carbocycles. The van der Waals surface area contributed by atoms with E-state index in [1.165, 1.54) is 5.19 Å². The fourth-order valence-electron chi connectivity index (χ4n) is 2.25. The summed E-state index contributed by atoms with van der Waals surface area (Å²) in [5.41, 5.74) is 0. The topological polar surface area (TPSA) is 26.3 Å². The van der Waals surface area contributed by atoms with Gasteiger partial charge in [-0.25, -0.2) is 0 Å². The average molecular weight is 363 g/mol. The molecule has 4 heteroatoms. The van der Waals surface area contributed by atoms with Gasteiger partial charge in [0, 0.05) is 0 Å². The number of carbonyl (C=O) groups is 1. The zero-order chi connectivity index (χ0) is 18.6. The van der Waals surface area contributed by atoms with Crippen LogP contribution in [0.5, 0.6) is 0 Å².